The van der Waals surface area contributed by atoms with E-state index in [1.807, 2.05) is 0 Å². The summed E-state index contributed by atoms with van der Waals surface area (Å²) in [4.78, 5) is 10.8. The van der Waals surface area contributed by atoms with Gasteiger partial charge in [-0.2, -0.15) is 0 Å². The van der Waals surface area contributed by atoms with Gasteiger partial charge in [0.05, 0.1) is 0 Å². The fourth-order valence-corrected chi connectivity index (χ4v) is 3.78. The van der Waals surface area contributed by atoms with E-state index in [4.69, 9.17) is 4.74 Å². The molecule has 0 aromatic heterocycles. The van der Waals surface area contributed by atoms with Gasteiger partial charge in [0.25, 0.3) is 0 Å². The zero-order valence-corrected chi connectivity index (χ0v) is 13.4. The fraction of sp³-hybridized carbons (Fsp3) is 0.533. The molecule has 1 aromatic carbocycles. The third-order valence-corrected chi connectivity index (χ3v) is 4.32. The van der Waals surface area contributed by atoms with Crippen molar-refractivity contribution in [1.82, 2.24) is 0 Å². The minimum Gasteiger partial charge on any atom is -0.461 e. The van der Waals surface area contributed by atoms with Crippen molar-refractivity contribution in [2.24, 2.45) is 0 Å². The van der Waals surface area contributed by atoms with Crippen molar-refractivity contribution < 1.29 is 9.53 Å². The van der Waals surface area contributed by atoms with Crippen molar-refractivity contribution in [2.75, 3.05) is 0 Å². The van der Waals surface area contributed by atoms with E-state index in [0.717, 1.165) is 5.56 Å². The second-order valence-corrected chi connectivity index (χ2v) is 11.7. The third kappa shape index (κ3) is 4.65. The Morgan fingerprint density at radius 1 is 1.17 bits per heavy atom. The molecular weight excluding hydrogens is 240 g/mol. The number of rotatable bonds is 4. The van der Waals surface area contributed by atoms with Crippen LogP contribution >= 0.6 is 0 Å². The molecule has 0 amide bonds. The topological polar surface area (TPSA) is 26.3 Å². The molecular formula is C15H24O2Si. The predicted molar refractivity (Wildman–Crippen MR) is 78.4 cm³/mol. The van der Waals surface area contributed by atoms with Crippen LogP contribution in [-0.4, -0.2) is 14.0 Å². The maximum Gasteiger partial charge on any atom is 0.302 e. The summed E-state index contributed by atoms with van der Waals surface area (Å²) in [6.07, 6.45) is 0. The van der Waals surface area contributed by atoms with Crippen molar-refractivity contribution in [2.45, 2.75) is 53.1 Å². The monoisotopic (exact) mass is 264 g/mol. The van der Waals surface area contributed by atoms with E-state index in [1.54, 1.807) is 0 Å². The lowest BCUT2D eigenvalue weighted by Crippen LogP contribution is -2.25. The van der Waals surface area contributed by atoms with Crippen LogP contribution in [0.1, 0.15) is 29.2 Å². The average molecular weight is 264 g/mol. The minimum absolute atomic E-state index is 0.225. The van der Waals surface area contributed by atoms with Crippen LogP contribution < -0.4 is 0 Å². The number of carbonyl (C=O) groups is 1. The first-order valence-corrected chi connectivity index (χ1v) is 10.1. The van der Waals surface area contributed by atoms with E-state index in [1.165, 1.54) is 29.7 Å². The largest absolute Gasteiger partial charge is 0.461 e. The average Bonchev–Trinajstić information content (AvgIpc) is 2.19. The van der Waals surface area contributed by atoms with Gasteiger partial charge in [0, 0.05) is 15.0 Å². The van der Waals surface area contributed by atoms with Gasteiger partial charge in [-0.25, -0.2) is 0 Å². The quantitative estimate of drug-likeness (QED) is 0.611. The number of ether oxygens (including phenoxy) is 1. The van der Waals surface area contributed by atoms with E-state index < -0.39 is 8.07 Å². The standard InChI is InChI=1S/C15H24O2Si/c1-11-7-14(9-17-13(3)16)8-12(2)15(11)10-18(4,5)6/h7-8H,9-10H2,1-6H3. The minimum atomic E-state index is -1.10. The van der Waals surface area contributed by atoms with Crippen LogP contribution in [0.3, 0.4) is 0 Å². The summed E-state index contributed by atoms with van der Waals surface area (Å²) in [7, 11) is -1.10. The molecule has 1 rings (SSSR count). The maximum atomic E-state index is 10.8. The van der Waals surface area contributed by atoms with Crippen molar-refractivity contribution in [3.8, 4) is 0 Å². The number of hydrogen-bond acceptors (Lipinski definition) is 2. The second-order valence-electron chi connectivity index (χ2n) is 6.23. The highest BCUT2D eigenvalue weighted by atomic mass is 28.3. The maximum absolute atomic E-state index is 10.8. The highest BCUT2D eigenvalue weighted by Crippen LogP contribution is 2.22. The number of esters is 1. The Kier molecular flexibility index (Phi) is 4.74. The van der Waals surface area contributed by atoms with Gasteiger partial charge in [-0.05, 0) is 42.1 Å². The first-order valence-electron chi connectivity index (χ1n) is 6.41. The van der Waals surface area contributed by atoms with E-state index >= 15 is 0 Å². The van der Waals surface area contributed by atoms with Gasteiger partial charge in [0.1, 0.15) is 6.61 Å². The van der Waals surface area contributed by atoms with Crippen LogP contribution in [0.15, 0.2) is 12.1 Å². The van der Waals surface area contributed by atoms with Crippen LogP contribution in [0.5, 0.6) is 0 Å². The van der Waals surface area contributed by atoms with Gasteiger partial charge in [-0.3, -0.25) is 4.79 Å². The van der Waals surface area contributed by atoms with E-state index in [0.29, 0.717) is 6.61 Å². The Hall–Kier alpha value is -1.09. The molecule has 0 aliphatic carbocycles. The molecule has 2 nitrogen and oxygen atoms in total. The Morgan fingerprint density at radius 2 is 1.67 bits per heavy atom. The molecule has 18 heavy (non-hydrogen) atoms. The molecule has 0 N–H and O–H groups in total. The lowest BCUT2D eigenvalue weighted by atomic mass is 10.0. The normalized spacial score (nSPS) is 11.4. The Balaban J connectivity index is 2.94. The molecule has 1 aromatic rings. The summed E-state index contributed by atoms with van der Waals surface area (Å²) in [6, 6.07) is 5.50. The highest BCUT2D eigenvalue weighted by molar-refractivity contribution is 6.75. The fourth-order valence-electron chi connectivity index (χ4n) is 2.16. The third-order valence-electron chi connectivity index (χ3n) is 2.91. The molecule has 0 spiro atoms. The van der Waals surface area contributed by atoms with Crippen molar-refractivity contribution in [3.05, 3.63) is 34.4 Å². The molecule has 0 heterocycles. The van der Waals surface area contributed by atoms with Gasteiger partial charge < -0.3 is 4.74 Å². The number of aryl methyl sites for hydroxylation is 2. The lowest BCUT2D eigenvalue weighted by molar-refractivity contribution is -0.142. The second kappa shape index (κ2) is 5.70. The van der Waals surface area contributed by atoms with Crippen molar-refractivity contribution >= 4 is 14.0 Å². The summed E-state index contributed by atoms with van der Waals surface area (Å²) in [5, 5.41) is 0. The summed E-state index contributed by atoms with van der Waals surface area (Å²) < 4.78 is 5.05. The van der Waals surface area contributed by atoms with Gasteiger partial charge in [0.15, 0.2) is 0 Å². The van der Waals surface area contributed by atoms with Crippen molar-refractivity contribution in [3.63, 3.8) is 0 Å². The number of carbonyl (C=O) groups excluding carboxylic acids is 1. The number of benzene rings is 1. The zero-order valence-electron chi connectivity index (χ0n) is 12.4. The Labute approximate surface area is 111 Å². The first kappa shape index (κ1) is 15.0. The summed E-state index contributed by atoms with van der Waals surface area (Å²) in [5.41, 5.74) is 5.19. The smallest absolute Gasteiger partial charge is 0.302 e. The van der Waals surface area contributed by atoms with Crippen LogP contribution in [-0.2, 0) is 22.2 Å². The lowest BCUT2D eigenvalue weighted by Gasteiger charge is -2.20. The highest BCUT2D eigenvalue weighted by Gasteiger charge is 2.17. The van der Waals surface area contributed by atoms with Gasteiger partial charge >= 0.3 is 5.97 Å². The molecule has 0 saturated heterocycles. The molecule has 0 aliphatic heterocycles. The summed E-state index contributed by atoms with van der Waals surface area (Å²) in [6.45, 7) is 13.3. The first-order chi connectivity index (χ1) is 8.19. The van der Waals surface area contributed by atoms with E-state index in [2.05, 4.69) is 45.6 Å². The van der Waals surface area contributed by atoms with Crippen molar-refractivity contribution in [1.29, 1.82) is 0 Å². The van der Waals surface area contributed by atoms with Crippen LogP contribution in [0.4, 0.5) is 0 Å². The van der Waals surface area contributed by atoms with E-state index in [9.17, 15) is 4.79 Å². The summed E-state index contributed by atoms with van der Waals surface area (Å²) in [5.74, 6) is -0.225. The molecule has 0 saturated carbocycles. The molecule has 0 aliphatic rings. The van der Waals surface area contributed by atoms with Gasteiger partial charge in [-0.15, -0.1) is 0 Å². The Morgan fingerprint density at radius 3 is 2.06 bits per heavy atom. The van der Waals surface area contributed by atoms with E-state index in [-0.39, 0.29) is 5.97 Å². The van der Waals surface area contributed by atoms with Crippen LogP contribution in [0.25, 0.3) is 0 Å². The number of hydrogen-bond donors (Lipinski definition) is 0. The SMILES string of the molecule is CC(=O)OCc1cc(C)c(C[Si](C)(C)C)c(C)c1. The molecule has 0 atom stereocenters. The van der Waals surface area contributed by atoms with Gasteiger partial charge in [0.2, 0.25) is 0 Å². The van der Waals surface area contributed by atoms with Gasteiger partial charge in [-0.1, -0.05) is 31.8 Å². The molecule has 0 bridgehead atoms. The Bertz CT molecular complexity index is 421. The van der Waals surface area contributed by atoms with Crippen LogP contribution in [0.2, 0.25) is 19.6 Å². The van der Waals surface area contributed by atoms with Crippen LogP contribution in [0, 0.1) is 13.8 Å². The zero-order chi connectivity index (χ0) is 13.9. The molecule has 3 heteroatoms. The molecule has 0 fully saturated rings. The molecule has 0 radical (unpaired) electrons. The predicted octanol–water partition coefficient (Wildman–Crippen LogP) is 3.79. The molecule has 100 valence electrons. The summed E-state index contributed by atoms with van der Waals surface area (Å²) >= 11 is 0. The molecule has 0 unspecified atom stereocenters.